The Morgan fingerprint density at radius 2 is 1.73 bits per heavy atom. The number of anilines is 1. The average Bonchev–Trinajstić information content (AvgIpc) is 2.98. The highest BCUT2D eigenvalue weighted by molar-refractivity contribution is 7.89. The molecule has 0 unspecified atom stereocenters. The summed E-state index contributed by atoms with van der Waals surface area (Å²) in [6.07, 6.45) is 0.961. The molecule has 1 N–H and O–H groups in total. The lowest BCUT2D eigenvalue weighted by Gasteiger charge is -2.33. The van der Waals surface area contributed by atoms with E-state index >= 15 is 0 Å². The lowest BCUT2D eigenvalue weighted by molar-refractivity contribution is -0.116. The highest BCUT2D eigenvalue weighted by Gasteiger charge is 2.27. The third-order valence-corrected chi connectivity index (χ3v) is 7.73. The standard InChI is InChI=1S/C21H31N5O3S/c1-5-25-12-14-26(15-13-25)30(28,29)19-8-6-18(7-9-19)22-21(27)11-10-20-16(2)23-24(4)17(20)3/h6-9H,5,10-15H2,1-4H3,(H,22,27). The molecule has 0 aliphatic carbocycles. The lowest BCUT2D eigenvalue weighted by Crippen LogP contribution is -2.48. The molecule has 1 amide bonds. The summed E-state index contributed by atoms with van der Waals surface area (Å²) in [7, 11) is -1.61. The Kier molecular flexibility index (Phi) is 6.95. The van der Waals surface area contributed by atoms with Crippen LogP contribution in [0.15, 0.2) is 29.2 Å². The number of nitrogens with one attached hydrogen (secondary N) is 1. The number of sulfonamides is 1. The fraction of sp³-hybridized carbons (Fsp3) is 0.524. The SMILES string of the molecule is CCN1CCN(S(=O)(=O)c2ccc(NC(=O)CCc3c(C)nn(C)c3C)cc2)CC1. The molecule has 1 aliphatic heterocycles. The zero-order valence-electron chi connectivity index (χ0n) is 18.2. The molecule has 8 nitrogen and oxygen atoms in total. The molecule has 30 heavy (non-hydrogen) atoms. The number of amides is 1. The third kappa shape index (κ3) is 4.91. The number of carbonyl (C=O) groups excluding carboxylic acids is 1. The van der Waals surface area contributed by atoms with Gasteiger partial charge >= 0.3 is 0 Å². The molecule has 1 fully saturated rings. The lowest BCUT2D eigenvalue weighted by atomic mass is 10.1. The van der Waals surface area contributed by atoms with E-state index in [2.05, 4.69) is 22.2 Å². The first-order valence-corrected chi connectivity index (χ1v) is 11.8. The maximum Gasteiger partial charge on any atom is 0.243 e. The van der Waals surface area contributed by atoms with Crippen LogP contribution in [0.2, 0.25) is 0 Å². The summed E-state index contributed by atoms with van der Waals surface area (Å²) in [4.78, 5) is 14.8. The smallest absolute Gasteiger partial charge is 0.243 e. The van der Waals surface area contributed by atoms with E-state index in [1.54, 1.807) is 24.3 Å². The van der Waals surface area contributed by atoms with E-state index in [0.29, 0.717) is 31.6 Å². The van der Waals surface area contributed by atoms with Crippen molar-refractivity contribution in [3.63, 3.8) is 0 Å². The van der Waals surface area contributed by atoms with Crippen LogP contribution < -0.4 is 5.32 Å². The average molecular weight is 434 g/mol. The number of nitrogens with zero attached hydrogens (tertiary/aromatic N) is 4. The molecule has 9 heteroatoms. The van der Waals surface area contributed by atoms with Gasteiger partial charge < -0.3 is 10.2 Å². The van der Waals surface area contributed by atoms with E-state index in [4.69, 9.17) is 0 Å². The highest BCUT2D eigenvalue weighted by atomic mass is 32.2. The van der Waals surface area contributed by atoms with E-state index in [1.807, 2.05) is 25.6 Å². The first-order valence-electron chi connectivity index (χ1n) is 10.3. The van der Waals surface area contributed by atoms with Gasteiger partial charge in [0.1, 0.15) is 0 Å². The summed E-state index contributed by atoms with van der Waals surface area (Å²) in [6.45, 7) is 9.46. The summed E-state index contributed by atoms with van der Waals surface area (Å²) in [5.74, 6) is -0.107. The van der Waals surface area contributed by atoms with Gasteiger partial charge in [-0.3, -0.25) is 9.48 Å². The fourth-order valence-corrected chi connectivity index (χ4v) is 5.21. The van der Waals surface area contributed by atoms with Crippen LogP contribution in [-0.4, -0.2) is 66.0 Å². The van der Waals surface area contributed by atoms with Crippen LogP contribution in [-0.2, 0) is 28.3 Å². The molecule has 3 rings (SSSR count). The summed E-state index contributed by atoms with van der Waals surface area (Å²) >= 11 is 0. The van der Waals surface area contributed by atoms with Crippen molar-refractivity contribution in [3.8, 4) is 0 Å². The van der Waals surface area contributed by atoms with Gasteiger partial charge in [0.15, 0.2) is 0 Å². The van der Waals surface area contributed by atoms with Crippen LogP contribution in [0.3, 0.4) is 0 Å². The molecule has 1 aromatic carbocycles. The third-order valence-electron chi connectivity index (χ3n) is 5.82. The quantitative estimate of drug-likeness (QED) is 0.721. The number of likely N-dealkylation sites (N-methyl/N-ethyl adjacent to an activating group) is 1. The normalized spacial score (nSPS) is 16.0. The van der Waals surface area contributed by atoms with Crippen molar-refractivity contribution in [2.45, 2.75) is 38.5 Å². The van der Waals surface area contributed by atoms with E-state index in [-0.39, 0.29) is 10.8 Å². The van der Waals surface area contributed by atoms with Crippen LogP contribution in [0, 0.1) is 13.8 Å². The summed E-state index contributed by atoms with van der Waals surface area (Å²) in [6, 6.07) is 6.42. The van der Waals surface area contributed by atoms with E-state index in [1.165, 1.54) is 4.31 Å². The van der Waals surface area contributed by atoms with Gasteiger partial charge in [0.2, 0.25) is 15.9 Å². The fourth-order valence-electron chi connectivity index (χ4n) is 3.79. The predicted molar refractivity (Wildman–Crippen MR) is 117 cm³/mol. The molecular formula is C21H31N5O3S. The molecule has 1 aromatic heterocycles. The minimum absolute atomic E-state index is 0.107. The second-order valence-corrected chi connectivity index (χ2v) is 9.62. The Morgan fingerprint density at radius 1 is 1.10 bits per heavy atom. The number of rotatable bonds is 7. The highest BCUT2D eigenvalue weighted by Crippen LogP contribution is 2.20. The van der Waals surface area contributed by atoms with Gasteiger partial charge in [-0.1, -0.05) is 6.92 Å². The minimum atomic E-state index is -3.51. The van der Waals surface area contributed by atoms with Gasteiger partial charge in [-0.15, -0.1) is 0 Å². The van der Waals surface area contributed by atoms with Crippen molar-refractivity contribution in [1.29, 1.82) is 0 Å². The van der Waals surface area contributed by atoms with E-state index in [9.17, 15) is 13.2 Å². The molecule has 164 valence electrons. The number of benzene rings is 1. The molecule has 0 radical (unpaired) electrons. The molecular weight excluding hydrogens is 402 g/mol. The Hall–Kier alpha value is -2.23. The topological polar surface area (TPSA) is 87.5 Å². The Bertz CT molecular complexity index is 990. The van der Waals surface area contributed by atoms with Gasteiger partial charge in [-0.05, 0) is 56.6 Å². The summed E-state index contributed by atoms with van der Waals surface area (Å²) in [5, 5.41) is 7.22. The van der Waals surface area contributed by atoms with Crippen molar-refractivity contribution in [2.75, 3.05) is 38.0 Å². The monoisotopic (exact) mass is 433 g/mol. The van der Waals surface area contributed by atoms with Crippen LogP contribution in [0.1, 0.15) is 30.3 Å². The molecule has 1 aliphatic rings. The van der Waals surface area contributed by atoms with Crippen LogP contribution >= 0.6 is 0 Å². The van der Waals surface area contributed by atoms with Gasteiger partial charge in [0.05, 0.1) is 10.6 Å². The number of hydrogen-bond donors (Lipinski definition) is 1. The van der Waals surface area contributed by atoms with Crippen molar-refractivity contribution in [2.24, 2.45) is 7.05 Å². The van der Waals surface area contributed by atoms with Gasteiger partial charge in [-0.25, -0.2) is 8.42 Å². The Morgan fingerprint density at radius 3 is 2.27 bits per heavy atom. The number of carbonyl (C=O) groups is 1. The molecule has 1 saturated heterocycles. The second kappa shape index (κ2) is 9.28. The second-order valence-electron chi connectivity index (χ2n) is 7.68. The predicted octanol–water partition coefficient (Wildman–Crippen LogP) is 1.93. The molecule has 2 aromatic rings. The Labute approximate surface area is 178 Å². The van der Waals surface area contributed by atoms with Crippen molar-refractivity contribution in [1.82, 2.24) is 19.0 Å². The molecule has 0 atom stereocenters. The van der Waals surface area contributed by atoms with Crippen molar-refractivity contribution < 1.29 is 13.2 Å². The molecule has 0 spiro atoms. The van der Waals surface area contributed by atoms with Crippen LogP contribution in [0.5, 0.6) is 0 Å². The maximum absolute atomic E-state index is 12.9. The summed E-state index contributed by atoms with van der Waals surface area (Å²) in [5.41, 5.74) is 3.69. The van der Waals surface area contributed by atoms with Gasteiger partial charge in [0.25, 0.3) is 0 Å². The van der Waals surface area contributed by atoms with E-state index < -0.39 is 10.0 Å². The van der Waals surface area contributed by atoms with Crippen LogP contribution in [0.4, 0.5) is 5.69 Å². The molecule has 2 heterocycles. The molecule has 0 bridgehead atoms. The number of piperazine rings is 1. The first kappa shape index (κ1) is 22.5. The Balaban J connectivity index is 1.58. The van der Waals surface area contributed by atoms with Gasteiger partial charge in [-0.2, -0.15) is 9.40 Å². The number of aromatic nitrogens is 2. The number of hydrogen-bond acceptors (Lipinski definition) is 5. The zero-order chi connectivity index (χ0) is 21.9. The van der Waals surface area contributed by atoms with Gasteiger partial charge in [0, 0.05) is 51.0 Å². The van der Waals surface area contributed by atoms with Crippen LogP contribution in [0.25, 0.3) is 0 Å². The minimum Gasteiger partial charge on any atom is -0.326 e. The van der Waals surface area contributed by atoms with Crippen molar-refractivity contribution in [3.05, 3.63) is 41.2 Å². The summed E-state index contributed by atoms with van der Waals surface area (Å²) < 4.78 is 29.1. The number of aryl methyl sites for hydroxylation is 2. The van der Waals surface area contributed by atoms with E-state index in [0.717, 1.165) is 36.6 Å². The largest absolute Gasteiger partial charge is 0.326 e. The maximum atomic E-state index is 12.9. The molecule has 0 saturated carbocycles. The van der Waals surface area contributed by atoms with Crippen molar-refractivity contribution >= 4 is 21.6 Å². The first-order chi connectivity index (χ1) is 14.2. The zero-order valence-corrected chi connectivity index (χ0v) is 19.0.